The molecule has 1 N–H and O–H groups in total. The van der Waals surface area contributed by atoms with Crippen molar-refractivity contribution >= 4 is 21.9 Å². The highest BCUT2D eigenvalue weighted by Crippen LogP contribution is 2.55. The van der Waals surface area contributed by atoms with Crippen molar-refractivity contribution in [1.29, 1.82) is 0 Å². The Morgan fingerprint density at radius 2 is 2.06 bits per heavy atom. The predicted octanol–water partition coefficient (Wildman–Crippen LogP) is 2.97. The Balaban J connectivity index is 2.44. The van der Waals surface area contributed by atoms with Crippen LogP contribution in [0, 0.1) is 0 Å². The lowest BCUT2D eigenvalue weighted by Crippen LogP contribution is -2.14. The van der Waals surface area contributed by atoms with Gasteiger partial charge in [0, 0.05) is 5.41 Å². The molecule has 0 heterocycles. The van der Waals surface area contributed by atoms with E-state index in [1.165, 1.54) is 0 Å². The zero-order chi connectivity index (χ0) is 13.3. The van der Waals surface area contributed by atoms with E-state index in [0.717, 1.165) is 22.9 Å². The lowest BCUT2D eigenvalue weighted by atomic mass is 9.92. The van der Waals surface area contributed by atoms with E-state index in [1.54, 1.807) is 14.2 Å². The average molecular weight is 315 g/mol. The molecule has 0 unspecified atom stereocenters. The summed E-state index contributed by atoms with van der Waals surface area (Å²) in [5.41, 5.74) is 0.743. The lowest BCUT2D eigenvalue weighted by Gasteiger charge is -2.18. The second kappa shape index (κ2) is 4.80. The molecule has 0 radical (unpaired) electrons. The van der Waals surface area contributed by atoms with E-state index >= 15 is 0 Å². The molecule has 2 rings (SSSR count). The molecule has 98 valence electrons. The highest BCUT2D eigenvalue weighted by atomic mass is 79.9. The number of carboxylic acids is 1. The third-order valence-corrected chi connectivity index (χ3v) is 4.19. The van der Waals surface area contributed by atoms with E-state index < -0.39 is 5.97 Å². The molecule has 1 aliphatic carbocycles. The molecular weight excluding hydrogens is 300 g/mol. The third kappa shape index (κ3) is 2.19. The number of benzene rings is 1. The highest BCUT2D eigenvalue weighted by molar-refractivity contribution is 9.10. The minimum atomic E-state index is -0.769. The number of hydrogen-bond acceptors (Lipinski definition) is 3. The normalized spacial score (nSPS) is 16.2. The number of aliphatic carboxylic acids is 1. The molecule has 0 atom stereocenters. The van der Waals surface area contributed by atoms with Gasteiger partial charge in [-0.2, -0.15) is 0 Å². The molecule has 1 saturated carbocycles. The third-order valence-electron chi connectivity index (χ3n) is 3.40. The smallest absolute Gasteiger partial charge is 0.304 e. The molecule has 5 heteroatoms. The monoisotopic (exact) mass is 314 g/mol. The van der Waals surface area contributed by atoms with Crippen molar-refractivity contribution in [2.45, 2.75) is 24.7 Å². The van der Waals surface area contributed by atoms with Gasteiger partial charge in [-0.25, -0.2) is 0 Å². The van der Waals surface area contributed by atoms with Gasteiger partial charge >= 0.3 is 5.97 Å². The van der Waals surface area contributed by atoms with Crippen molar-refractivity contribution in [1.82, 2.24) is 0 Å². The van der Waals surface area contributed by atoms with E-state index in [4.69, 9.17) is 14.6 Å². The van der Waals surface area contributed by atoms with Gasteiger partial charge < -0.3 is 14.6 Å². The van der Waals surface area contributed by atoms with Crippen molar-refractivity contribution in [2.24, 2.45) is 0 Å². The van der Waals surface area contributed by atoms with Crippen LogP contribution in [-0.2, 0) is 10.2 Å². The Morgan fingerprint density at radius 1 is 1.39 bits per heavy atom. The summed E-state index contributed by atoms with van der Waals surface area (Å²) < 4.78 is 11.3. The first-order chi connectivity index (χ1) is 8.54. The van der Waals surface area contributed by atoms with Gasteiger partial charge in [0.15, 0.2) is 11.5 Å². The molecule has 0 amide bonds. The topological polar surface area (TPSA) is 55.8 Å². The zero-order valence-electron chi connectivity index (χ0n) is 10.3. The van der Waals surface area contributed by atoms with Gasteiger partial charge in [-0.05, 0) is 40.4 Å². The Bertz CT molecular complexity index is 480. The Hall–Kier alpha value is -1.23. The second-order valence-electron chi connectivity index (χ2n) is 4.51. The molecule has 18 heavy (non-hydrogen) atoms. The first-order valence-corrected chi connectivity index (χ1v) is 6.46. The van der Waals surface area contributed by atoms with Crippen LogP contribution in [0.5, 0.6) is 11.5 Å². The number of carboxylic acid groups (broad SMARTS) is 1. The van der Waals surface area contributed by atoms with Crippen molar-refractivity contribution < 1.29 is 19.4 Å². The fraction of sp³-hybridized carbons (Fsp3) is 0.462. The van der Waals surface area contributed by atoms with Gasteiger partial charge in [0.25, 0.3) is 0 Å². The number of methoxy groups -OCH3 is 2. The van der Waals surface area contributed by atoms with Crippen LogP contribution in [0.25, 0.3) is 0 Å². The summed E-state index contributed by atoms with van der Waals surface area (Å²) >= 11 is 3.50. The summed E-state index contributed by atoms with van der Waals surface area (Å²) in [7, 11) is 3.15. The molecule has 1 aromatic carbocycles. The minimum Gasteiger partial charge on any atom is -0.493 e. The molecule has 1 aliphatic rings. The fourth-order valence-corrected chi connectivity index (χ4v) is 3.19. The van der Waals surface area contributed by atoms with Crippen LogP contribution < -0.4 is 9.47 Å². The van der Waals surface area contributed by atoms with E-state index in [-0.39, 0.29) is 11.8 Å². The lowest BCUT2D eigenvalue weighted by molar-refractivity contribution is -0.137. The molecule has 1 fully saturated rings. The quantitative estimate of drug-likeness (QED) is 0.907. The van der Waals surface area contributed by atoms with Crippen molar-refractivity contribution in [3.8, 4) is 11.5 Å². The largest absolute Gasteiger partial charge is 0.493 e. The van der Waals surface area contributed by atoms with Gasteiger partial charge in [0.1, 0.15) is 0 Å². The number of carbonyl (C=O) groups is 1. The number of halogens is 1. The summed E-state index contributed by atoms with van der Waals surface area (Å²) in [5.74, 6) is 0.486. The van der Waals surface area contributed by atoms with Crippen LogP contribution >= 0.6 is 15.9 Å². The van der Waals surface area contributed by atoms with Gasteiger partial charge in [0.2, 0.25) is 0 Å². The van der Waals surface area contributed by atoms with E-state index in [1.807, 2.05) is 12.1 Å². The molecule has 0 aliphatic heterocycles. The summed E-state index contributed by atoms with van der Waals surface area (Å²) in [6, 6.07) is 3.74. The summed E-state index contributed by atoms with van der Waals surface area (Å²) in [6.45, 7) is 0. The highest BCUT2D eigenvalue weighted by Gasteiger charge is 2.47. The predicted molar refractivity (Wildman–Crippen MR) is 70.4 cm³/mol. The maximum atomic E-state index is 10.9. The van der Waals surface area contributed by atoms with Crippen molar-refractivity contribution in [3.05, 3.63) is 22.2 Å². The number of ether oxygens (including phenoxy) is 2. The van der Waals surface area contributed by atoms with Gasteiger partial charge in [-0.15, -0.1) is 0 Å². The van der Waals surface area contributed by atoms with Crippen LogP contribution in [0.4, 0.5) is 0 Å². The van der Waals surface area contributed by atoms with Crippen LogP contribution in [0.2, 0.25) is 0 Å². The SMILES string of the molecule is COc1ccc(C2(CC(=O)O)CC2)c(Br)c1OC. The molecule has 0 saturated heterocycles. The molecule has 0 spiro atoms. The first kappa shape index (κ1) is 13.2. The molecule has 0 aromatic heterocycles. The molecule has 0 bridgehead atoms. The van der Waals surface area contributed by atoms with Gasteiger partial charge in [0.05, 0.1) is 25.1 Å². The Morgan fingerprint density at radius 3 is 2.50 bits per heavy atom. The van der Waals surface area contributed by atoms with Gasteiger partial charge in [-0.1, -0.05) is 6.07 Å². The summed E-state index contributed by atoms with van der Waals surface area (Å²) in [6.07, 6.45) is 1.95. The van der Waals surface area contributed by atoms with Crippen molar-refractivity contribution in [3.63, 3.8) is 0 Å². The Kier molecular flexibility index (Phi) is 3.52. The average Bonchev–Trinajstić information content (AvgIpc) is 3.08. The number of hydrogen-bond donors (Lipinski definition) is 1. The first-order valence-electron chi connectivity index (χ1n) is 5.67. The van der Waals surface area contributed by atoms with E-state index in [0.29, 0.717) is 11.5 Å². The van der Waals surface area contributed by atoms with Crippen LogP contribution in [0.3, 0.4) is 0 Å². The Labute approximate surface area is 114 Å². The summed E-state index contributed by atoms with van der Waals surface area (Å²) in [5, 5.41) is 9.00. The molecule has 1 aromatic rings. The summed E-state index contributed by atoms with van der Waals surface area (Å²) in [4.78, 5) is 10.9. The number of rotatable bonds is 5. The van der Waals surface area contributed by atoms with Crippen molar-refractivity contribution in [2.75, 3.05) is 14.2 Å². The fourth-order valence-electron chi connectivity index (χ4n) is 2.28. The van der Waals surface area contributed by atoms with E-state index in [9.17, 15) is 4.79 Å². The van der Waals surface area contributed by atoms with Crippen LogP contribution in [0.15, 0.2) is 16.6 Å². The van der Waals surface area contributed by atoms with Crippen LogP contribution in [0.1, 0.15) is 24.8 Å². The van der Waals surface area contributed by atoms with E-state index in [2.05, 4.69) is 15.9 Å². The molecule has 4 nitrogen and oxygen atoms in total. The standard InChI is InChI=1S/C13H15BrO4/c1-17-9-4-3-8(11(14)12(9)18-2)13(5-6-13)7-10(15)16/h3-4H,5-7H2,1-2H3,(H,15,16). The maximum absolute atomic E-state index is 10.9. The second-order valence-corrected chi connectivity index (χ2v) is 5.31. The minimum absolute atomic E-state index is 0.154. The van der Waals surface area contributed by atoms with Crippen LogP contribution in [-0.4, -0.2) is 25.3 Å². The molecular formula is C13H15BrO4. The maximum Gasteiger partial charge on any atom is 0.304 e. The van der Waals surface area contributed by atoms with Gasteiger partial charge in [-0.3, -0.25) is 4.79 Å². The zero-order valence-corrected chi connectivity index (χ0v) is 11.9.